The summed E-state index contributed by atoms with van der Waals surface area (Å²) in [6.45, 7) is 0.950. The molecule has 0 amide bonds. The molecule has 1 aliphatic heterocycles. The van der Waals surface area contributed by atoms with E-state index in [1.807, 2.05) is 12.1 Å². The summed E-state index contributed by atoms with van der Waals surface area (Å²) in [5.41, 5.74) is 4.11. The number of nitrogens with zero attached hydrogens (tertiary/aromatic N) is 1. The van der Waals surface area contributed by atoms with Crippen LogP contribution in [0.1, 0.15) is 35.6 Å². The molecule has 0 saturated carbocycles. The summed E-state index contributed by atoms with van der Waals surface area (Å²) < 4.78 is 58.8. The number of halogens is 4. The maximum atomic E-state index is 13.6. The van der Waals surface area contributed by atoms with Gasteiger partial charge in [-0.15, -0.1) is 0 Å². The fraction of sp³-hybridized carbons (Fsp3) is 0.296. The van der Waals surface area contributed by atoms with E-state index in [2.05, 4.69) is 0 Å². The second-order valence-electron chi connectivity index (χ2n) is 8.75. The van der Waals surface area contributed by atoms with E-state index in [-0.39, 0.29) is 18.5 Å². The lowest BCUT2D eigenvalue weighted by Crippen LogP contribution is -2.26. The van der Waals surface area contributed by atoms with Crippen LogP contribution in [0.2, 0.25) is 0 Å². The van der Waals surface area contributed by atoms with E-state index in [1.54, 1.807) is 24.1 Å². The minimum Gasteiger partial charge on any atom is -0.480 e. The van der Waals surface area contributed by atoms with Gasteiger partial charge in [0, 0.05) is 0 Å². The van der Waals surface area contributed by atoms with Gasteiger partial charge in [-0.25, -0.2) is 4.39 Å². The zero-order valence-corrected chi connectivity index (χ0v) is 19.1. The third kappa shape index (κ3) is 5.89. The highest BCUT2D eigenvalue weighted by atomic mass is 19.4. The van der Waals surface area contributed by atoms with Gasteiger partial charge in [0.25, 0.3) is 0 Å². The number of aliphatic carboxylic acids is 1. The molecule has 0 spiro atoms. The maximum Gasteiger partial charge on any atom is 0.416 e. The van der Waals surface area contributed by atoms with Gasteiger partial charge < -0.3 is 9.84 Å². The minimum absolute atomic E-state index is 0.0344. The number of carboxylic acid groups (broad SMARTS) is 1. The molecule has 1 heterocycles. The summed E-state index contributed by atoms with van der Waals surface area (Å²) in [7, 11) is 1.75. The SMILES string of the molecule is CN(CCCC1OCc2cc(-c3ccc(C(F)(F)F)cc3)c(-c3ccc(F)cc3)cc21)CC(=O)O. The van der Waals surface area contributed by atoms with Gasteiger partial charge in [-0.3, -0.25) is 9.69 Å². The Morgan fingerprint density at radius 1 is 1.03 bits per heavy atom. The van der Waals surface area contributed by atoms with E-state index < -0.39 is 17.7 Å². The molecule has 35 heavy (non-hydrogen) atoms. The number of fused-ring (bicyclic) bond motifs is 1. The summed E-state index contributed by atoms with van der Waals surface area (Å²) in [4.78, 5) is 12.6. The van der Waals surface area contributed by atoms with Gasteiger partial charge in [0.1, 0.15) is 5.82 Å². The van der Waals surface area contributed by atoms with Crippen LogP contribution in [0.15, 0.2) is 60.7 Å². The highest BCUT2D eigenvalue weighted by Crippen LogP contribution is 2.42. The van der Waals surface area contributed by atoms with Gasteiger partial charge in [0.15, 0.2) is 0 Å². The molecule has 1 atom stereocenters. The standard InChI is InChI=1S/C27H25F4NO3/c1-32(15-26(33)34)12-2-3-25-24-14-23(18-6-10-21(28)11-7-18)22(13-19(24)16-35-25)17-4-8-20(9-5-17)27(29,30)31/h4-11,13-14,25H,2-3,12,15-16H2,1H3,(H,33,34). The molecule has 1 unspecified atom stereocenters. The fourth-order valence-electron chi connectivity index (χ4n) is 4.41. The van der Waals surface area contributed by atoms with E-state index >= 15 is 0 Å². The molecule has 8 heteroatoms. The van der Waals surface area contributed by atoms with Gasteiger partial charge in [0.2, 0.25) is 0 Å². The van der Waals surface area contributed by atoms with Crippen LogP contribution in [-0.4, -0.2) is 36.1 Å². The Bertz CT molecular complexity index is 1190. The Labute approximate surface area is 200 Å². The van der Waals surface area contributed by atoms with Crippen LogP contribution < -0.4 is 0 Å². The molecular formula is C27H25F4NO3. The van der Waals surface area contributed by atoms with Crippen LogP contribution in [0.25, 0.3) is 22.3 Å². The Balaban J connectivity index is 1.66. The first-order valence-electron chi connectivity index (χ1n) is 11.2. The highest BCUT2D eigenvalue weighted by Gasteiger charge is 2.30. The fourth-order valence-corrected chi connectivity index (χ4v) is 4.41. The molecule has 3 aromatic rings. The Morgan fingerprint density at radius 2 is 1.63 bits per heavy atom. The Morgan fingerprint density at radius 3 is 2.23 bits per heavy atom. The van der Waals surface area contributed by atoms with Crippen LogP contribution in [0.3, 0.4) is 0 Å². The molecule has 0 aliphatic carbocycles. The zero-order chi connectivity index (χ0) is 25.2. The number of alkyl halides is 3. The van der Waals surface area contributed by atoms with E-state index in [0.29, 0.717) is 25.1 Å². The number of likely N-dealkylation sites (N-methyl/N-ethyl adjacent to an activating group) is 1. The third-order valence-electron chi connectivity index (χ3n) is 6.16. The highest BCUT2D eigenvalue weighted by molar-refractivity contribution is 5.85. The topological polar surface area (TPSA) is 49.8 Å². The summed E-state index contributed by atoms with van der Waals surface area (Å²) in [5, 5.41) is 8.91. The first-order valence-corrected chi connectivity index (χ1v) is 11.2. The third-order valence-corrected chi connectivity index (χ3v) is 6.16. The lowest BCUT2D eigenvalue weighted by Gasteiger charge is -2.18. The van der Waals surface area contributed by atoms with Crippen molar-refractivity contribution >= 4 is 5.97 Å². The molecule has 0 fully saturated rings. The van der Waals surface area contributed by atoms with Crippen molar-refractivity contribution in [3.8, 4) is 22.3 Å². The molecule has 1 N–H and O–H groups in total. The molecule has 4 nitrogen and oxygen atoms in total. The van der Waals surface area contributed by atoms with Crippen LogP contribution in [0, 0.1) is 5.82 Å². The van der Waals surface area contributed by atoms with Crippen LogP contribution in [0.4, 0.5) is 17.6 Å². The van der Waals surface area contributed by atoms with Gasteiger partial charge in [-0.2, -0.15) is 13.2 Å². The summed E-state index contributed by atoms with van der Waals surface area (Å²) in [6, 6.07) is 14.9. The smallest absolute Gasteiger partial charge is 0.416 e. The van der Waals surface area contributed by atoms with Crippen molar-refractivity contribution in [3.05, 3.63) is 83.2 Å². The molecule has 0 radical (unpaired) electrons. The predicted molar refractivity (Wildman–Crippen MR) is 124 cm³/mol. The van der Waals surface area contributed by atoms with Crippen molar-refractivity contribution in [1.82, 2.24) is 4.90 Å². The van der Waals surface area contributed by atoms with Gasteiger partial charge in [-0.1, -0.05) is 24.3 Å². The van der Waals surface area contributed by atoms with Gasteiger partial charge in [0.05, 0.1) is 24.8 Å². The van der Waals surface area contributed by atoms with Crippen molar-refractivity contribution in [1.29, 1.82) is 0 Å². The Hall–Kier alpha value is -3.23. The number of benzene rings is 3. The molecule has 3 aromatic carbocycles. The van der Waals surface area contributed by atoms with E-state index in [1.165, 1.54) is 24.3 Å². The summed E-state index contributed by atoms with van der Waals surface area (Å²) >= 11 is 0. The van der Waals surface area contributed by atoms with Crippen molar-refractivity contribution in [3.63, 3.8) is 0 Å². The largest absolute Gasteiger partial charge is 0.480 e. The normalized spacial score (nSPS) is 15.4. The summed E-state index contributed by atoms with van der Waals surface area (Å²) in [6.07, 6.45) is -3.17. The van der Waals surface area contributed by atoms with Gasteiger partial charge in [-0.05, 0) is 96.2 Å². The second kappa shape index (κ2) is 10.2. The molecule has 0 aromatic heterocycles. The second-order valence-corrected chi connectivity index (χ2v) is 8.75. The first kappa shape index (κ1) is 24.9. The van der Waals surface area contributed by atoms with E-state index in [4.69, 9.17) is 9.84 Å². The van der Waals surface area contributed by atoms with E-state index in [9.17, 15) is 22.4 Å². The lowest BCUT2D eigenvalue weighted by molar-refractivity contribution is -0.138. The van der Waals surface area contributed by atoms with Crippen LogP contribution in [0.5, 0.6) is 0 Å². The quantitative estimate of drug-likeness (QED) is 0.366. The minimum atomic E-state index is -4.42. The van der Waals surface area contributed by atoms with Crippen molar-refractivity contribution in [2.45, 2.75) is 31.7 Å². The maximum absolute atomic E-state index is 13.6. The number of carboxylic acids is 1. The number of rotatable bonds is 8. The lowest BCUT2D eigenvalue weighted by atomic mass is 9.88. The van der Waals surface area contributed by atoms with Crippen LogP contribution in [-0.2, 0) is 22.3 Å². The number of ether oxygens (including phenoxy) is 1. The Kier molecular flexibility index (Phi) is 7.23. The van der Waals surface area contributed by atoms with Crippen molar-refractivity contribution in [2.24, 2.45) is 0 Å². The van der Waals surface area contributed by atoms with Crippen LogP contribution >= 0.6 is 0 Å². The number of carbonyl (C=O) groups is 1. The summed E-state index contributed by atoms with van der Waals surface area (Å²) in [5.74, 6) is -1.26. The first-order chi connectivity index (χ1) is 16.6. The van der Waals surface area contributed by atoms with Gasteiger partial charge >= 0.3 is 12.1 Å². The number of hydrogen-bond donors (Lipinski definition) is 1. The molecule has 4 rings (SSSR count). The van der Waals surface area contributed by atoms with Crippen molar-refractivity contribution < 1.29 is 32.2 Å². The molecule has 0 bridgehead atoms. The van der Waals surface area contributed by atoms with E-state index in [0.717, 1.165) is 46.4 Å². The average molecular weight is 487 g/mol. The average Bonchev–Trinajstić information content (AvgIpc) is 3.20. The zero-order valence-electron chi connectivity index (χ0n) is 19.1. The predicted octanol–water partition coefficient (Wildman–Crippen LogP) is 6.55. The molecular weight excluding hydrogens is 462 g/mol. The monoisotopic (exact) mass is 487 g/mol. The molecule has 1 aliphatic rings. The molecule has 184 valence electrons. The van der Waals surface area contributed by atoms with Crippen molar-refractivity contribution in [2.75, 3.05) is 20.1 Å². The number of hydrogen-bond acceptors (Lipinski definition) is 3. The molecule has 0 saturated heterocycles.